The van der Waals surface area contributed by atoms with E-state index in [1.807, 2.05) is 12.1 Å². The number of nitrogens with zero attached hydrogens (tertiary/aromatic N) is 3. The van der Waals surface area contributed by atoms with Crippen molar-refractivity contribution in [3.63, 3.8) is 0 Å². The minimum Gasteiger partial charge on any atom is -0.364 e. The van der Waals surface area contributed by atoms with Crippen LogP contribution >= 0.6 is 11.3 Å². The van der Waals surface area contributed by atoms with E-state index >= 15 is 0 Å². The first-order valence-corrected chi connectivity index (χ1v) is 6.59. The molecule has 0 aliphatic carbocycles. The van der Waals surface area contributed by atoms with Crippen molar-refractivity contribution in [2.24, 2.45) is 0 Å². The maximum Gasteiger partial charge on any atom is 0.425 e. The van der Waals surface area contributed by atoms with Crippen LogP contribution in [-0.4, -0.2) is 14.6 Å². The van der Waals surface area contributed by atoms with Gasteiger partial charge in [-0.3, -0.25) is 0 Å². The number of anilines is 1. The molecule has 0 saturated heterocycles. The normalized spacial score (nSPS) is 11.9. The molecule has 1 N–H and O–H groups in total. The van der Waals surface area contributed by atoms with Crippen LogP contribution in [0.5, 0.6) is 0 Å². The van der Waals surface area contributed by atoms with Crippen molar-refractivity contribution in [2.45, 2.75) is 12.7 Å². The zero-order valence-corrected chi connectivity index (χ0v) is 10.9. The van der Waals surface area contributed by atoms with Crippen molar-refractivity contribution in [1.82, 2.24) is 14.6 Å². The third-order valence-electron chi connectivity index (χ3n) is 2.73. The van der Waals surface area contributed by atoms with Gasteiger partial charge in [-0.2, -0.15) is 18.3 Å². The average molecular weight is 298 g/mol. The summed E-state index contributed by atoms with van der Waals surface area (Å²) in [7, 11) is 0. The Labute approximate surface area is 115 Å². The molecule has 3 aromatic rings. The number of halogens is 3. The van der Waals surface area contributed by atoms with E-state index in [4.69, 9.17) is 0 Å². The number of alkyl halides is 3. The fourth-order valence-electron chi connectivity index (χ4n) is 1.80. The van der Waals surface area contributed by atoms with Gasteiger partial charge >= 0.3 is 6.18 Å². The van der Waals surface area contributed by atoms with E-state index in [-0.39, 0.29) is 6.54 Å². The van der Waals surface area contributed by atoms with Crippen molar-refractivity contribution >= 4 is 22.7 Å². The van der Waals surface area contributed by atoms with E-state index in [1.54, 1.807) is 10.7 Å². The van der Waals surface area contributed by atoms with Crippen molar-refractivity contribution in [3.05, 3.63) is 46.5 Å². The molecule has 0 atom stereocenters. The van der Waals surface area contributed by atoms with E-state index in [1.165, 1.54) is 11.7 Å². The fourth-order valence-corrected chi connectivity index (χ4v) is 2.59. The molecule has 3 heterocycles. The molecule has 4 nitrogen and oxygen atoms in total. The quantitative estimate of drug-likeness (QED) is 0.805. The molecule has 0 amide bonds. The summed E-state index contributed by atoms with van der Waals surface area (Å²) in [6.45, 7) is 0.282. The summed E-state index contributed by atoms with van der Waals surface area (Å²) >= 11 is 0.694. The van der Waals surface area contributed by atoms with Crippen LogP contribution in [0.2, 0.25) is 0 Å². The van der Waals surface area contributed by atoms with Gasteiger partial charge in [0.05, 0.1) is 0 Å². The minimum absolute atomic E-state index is 0.282. The number of rotatable bonds is 3. The number of fused-ring (bicyclic) bond motifs is 1. The van der Waals surface area contributed by atoms with E-state index in [0.717, 1.165) is 11.6 Å². The maximum absolute atomic E-state index is 12.5. The molecule has 3 aromatic heterocycles. The van der Waals surface area contributed by atoms with Crippen LogP contribution in [0.1, 0.15) is 10.4 Å². The number of hydrogen-bond acceptors (Lipinski definition) is 4. The van der Waals surface area contributed by atoms with Crippen molar-refractivity contribution in [2.75, 3.05) is 5.32 Å². The largest absolute Gasteiger partial charge is 0.425 e. The minimum atomic E-state index is -4.29. The van der Waals surface area contributed by atoms with Crippen LogP contribution in [0.25, 0.3) is 5.52 Å². The van der Waals surface area contributed by atoms with Gasteiger partial charge in [0, 0.05) is 12.7 Å². The molecular formula is C12H9F3N4S. The second kappa shape index (κ2) is 4.78. The van der Waals surface area contributed by atoms with Crippen LogP contribution in [-0.2, 0) is 12.7 Å². The molecule has 104 valence electrons. The van der Waals surface area contributed by atoms with Gasteiger partial charge in [-0.15, -0.1) is 11.3 Å². The molecule has 0 saturated carbocycles. The maximum atomic E-state index is 12.5. The summed E-state index contributed by atoms with van der Waals surface area (Å²) < 4.78 is 39.1. The number of aromatic nitrogens is 3. The third kappa shape index (κ3) is 2.46. The Morgan fingerprint density at radius 2 is 2.20 bits per heavy atom. The Bertz CT molecular complexity index is 731. The molecule has 0 spiro atoms. The van der Waals surface area contributed by atoms with E-state index in [9.17, 15) is 13.2 Å². The Hall–Kier alpha value is -2.09. The Morgan fingerprint density at radius 3 is 2.95 bits per heavy atom. The highest BCUT2D eigenvalue weighted by molar-refractivity contribution is 7.10. The Balaban J connectivity index is 1.76. The van der Waals surface area contributed by atoms with Crippen molar-refractivity contribution < 1.29 is 13.2 Å². The van der Waals surface area contributed by atoms with Gasteiger partial charge in [0.1, 0.15) is 16.7 Å². The predicted octanol–water partition coefficient (Wildman–Crippen LogP) is 3.42. The summed E-state index contributed by atoms with van der Waals surface area (Å²) in [4.78, 5) is 3.50. The molecular weight excluding hydrogens is 289 g/mol. The second-order valence-electron chi connectivity index (χ2n) is 4.12. The van der Waals surface area contributed by atoms with Gasteiger partial charge in [0.15, 0.2) is 5.82 Å². The van der Waals surface area contributed by atoms with Crippen LogP contribution in [0.4, 0.5) is 19.0 Å². The molecule has 0 aliphatic heterocycles. The first-order valence-electron chi connectivity index (χ1n) is 5.71. The van der Waals surface area contributed by atoms with Crippen LogP contribution in [0, 0.1) is 0 Å². The lowest BCUT2D eigenvalue weighted by atomic mass is 10.3. The van der Waals surface area contributed by atoms with E-state index in [0.29, 0.717) is 22.7 Å². The summed E-state index contributed by atoms with van der Waals surface area (Å²) in [5, 5.41) is 8.53. The topological polar surface area (TPSA) is 42.2 Å². The highest BCUT2D eigenvalue weighted by Crippen LogP contribution is 2.34. The van der Waals surface area contributed by atoms with Gasteiger partial charge in [-0.25, -0.2) is 9.50 Å². The van der Waals surface area contributed by atoms with Crippen molar-refractivity contribution in [1.29, 1.82) is 0 Å². The summed E-state index contributed by atoms with van der Waals surface area (Å²) in [6.07, 6.45) is -1.12. The molecule has 0 unspecified atom stereocenters. The first-order chi connectivity index (χ1) is 9.54. The van der Waals surface area contributed by atoms with Crippen LogP contribution in [0.15, 0.2) is 36.1 Å². The summed E-state index contributed by atoms with van der Waals surface area (Å²) in [5.41, 5.74) is 1.35. The molecule has 0 aromatic carbocycles. The number of thiophene rings is 1. The van der Waals surface area contributed by atoms with Gasteiger partial charge in [-0.1, -0.05) is 0 Å². The molecule has 3 rings (SSSR count). The number of nitrogens with one attached hydrogen (secondary N) is 1. The van der Waals surface area contributed by atoms with Gasteiger partial charge in [-0.05, 0) is 29.1 Å². The molecule has 0 bridgehead atoms. The lowest BCUT2D eigenvalue weighted by molar-refractivity contribution is -0.134. The van der Waals surface area contributed by atoms with E-state index in [2.05, 4.69) is 15.4 Å². The second-order valence-corrected chi connectivity index (χ2v) is 5.03. The molecule has 0 radical (unpaired) electrons. The Morgan fingerprint density at radius 1 is 1.35 bits per heavy atom. The van der Waals surface area contributed by atoms with E-state index < -0.39 is 11.1 Å². The van der Waals surface area contributed by atoms with Crippen molar-refractivity contribution in [3.8, 4) is 0 Å². The lowest BCUT2D eigenvalue weighted by Crippen LogP contribution is -2.04. The van der Waals surface area contributed by atoms with Gasteiger partial charge in [0.25, 0.3) is 0 Å². The van der Waals surface area contributed by atoms with Crippen LogP contribution in [0.3, 0.4) is 0 Å². The van der Waals surface area contributed by atoms with Gasteiger partial charge in [0.2, 0.25) is 0 Å². The number of hydrogen-bond donors (Lipinski definition) is 1. The SMILES string of the molecule is FC(F)(F)c1cc(CNc2ncnn3cccc23)cs1. The average Bonchev–Trinajstić information content (AvgIpc) is 3.04. The lowest BCUT2D eigenvalue weighted by Gasteiger charge is -2.05. The standard InChI is InChI=1S/C12H9F3N4S/c13-12(14,15)10-4-8(6-20-10)5-16-11-9-2-1-3-19(9)18-7-17-11/h1-4,6-7H,5H2,(H,16,17,18). The fraction of sp³-hybridized carbons (Fsp3) is 0.167. The molecule has 8 heteroatoms. The smallest absolute Gasteiger partial charge is 0.364 e. The zero-order valence-electron chi connectivity index (χ0n) is 10.1. The summed E-state index contributed by atoms with van der Waals surface area (Å²) in [5.74, 6) is 0.588. The molecule has 0 aliphatic rings. The third-order valence-corrected chi connectivity index (χ3v) is 3.75. The highest BCUT2D eigenvalue weighted by atomic mass is 32.1. The summed E-state index contributed by atoms with van der Waals surface area (Å²) in [6, 6.07) is 4.80. The van der Waals surface area contributed by atoms with Crippen LogP contribution < -0.4 is 5.32 Å². The Kier molecular flexibility index (Phi) is 3.09. The zero-order chi connectivity index (χ0) is 14.2. The first kappa shape index (κ1) is 12.9. The molecule has 20 heavy (non-hydrogen) atoms. The predicted molar refractivity (Wildman–Crippen MR) is 69.6 cm³/mol. The monoisotopic (exact) mass is 298 g/mol. The molecule has 0 fully saturated rings. The van der Waals surface area contributed by atoms with Gasteiger partial charge < -0.3 is 5.32 Å². The highest BCUT2D eigenvalue weighted by Gasteiger charge is 2.32.